The van der Waals surface area contributed by atoms with Gasteiger partial charge in [-0.2, -0.15) is 0 Å². The van der Waals surface area contributed by atoms with Gasteiger partial charge in [-0.05, 0) is 26.0 Å². The quantitative estimate of drug-likeness (QED) is 0.793. The van der Waals surface area contributed by atoms with Crippen LogP contribution in [0.25, 0.3) is 0 Å². The highest BCUT2D eigenvalue weighted by molar-refractivity contribution is 5.69. The maximum atomic E-state index is 9.44. The van der Waals surface area contributed by atoms with Gasteiger partial charge in [0.25, 0.3) is 0 Å². The summed E-state index contributed by atoms with van der Waals surface area (Å²) in [5.74, 6) is 0. The summed E-state index contributed by atoms with van der Waals surface area (Å²) >= 11 is 0. The number of anilines is 2. The predicted molar refractivity (Wildman–Crippen MR) is 65.5 cm³/mol. The molecule has 0 amide bonds. The lowest BCUT2D eigenvalue weighted by Gasteiger charge is -2.23. The summed E-state index contributed by atoms with van der Waals surface area (Å²) in [5.41, 5.74) is 2.18. The van der Waals surface area contributed by atoms with Crippen molar-refractivity contribution in [1.29, 1.82) is 0 Å². The molecule has 3 nitrogen and oxygen atoms in total. The molecule has 3 heteroatoms. The van der Waals surface area contributed by atoms with E-state index < -0.39 is 0 Å². The van der Waals surface area contributed by atoms with Crippen molar-refractivity contribution in [2.45, 2.75) is 26.0 Å². The number of hydrogen-bond acceptors (Lipinski definition) is 3. The van der Waals surface area contributed by atoms with Crippen LogP contribution in [0.3, 0.4) is 0 Å². The number of aliphatic hydroxyl groups excluding tert-OH is 1. The highest BCUT2D eigenvalue weighted by Crippen LogP contribution is 2.24. The Morgan fingerprint density at radius 1 is 1.20 bits per heavy atom. The minimum absolute atomic E-state index is 0.0473. The fraction of sp³-hybridized carbons (Fsp3) is 0.500. The molecule has 1 aromatic carbocycles. The third kappa shape index (κ3) is 3.13. The fourth-order valence-corrected chi connectivity index (χ4v) is 1.35. The van der Waals surface area contributed by atoms with E-state index >= 15 is 0 Å². The summed E-state index contributed by atoms with van der Waals surface area (Å²) in [6.45, 7) is 3.76. The molecule has 0 aliphatic heterocycles. The molecule has 0 saturated heterocycles. The molecule has 0 aliphatic rings. The van der Waals surface area contributed by atoms with E-state index in [2.05, 4.69) is 16.3 Å². The monoisotopic (exact) mass is 208 g/mol. The number of aliphatic hydroxyl groups is 1. The van der Waals surface area contributed by atoms with Crippen LogP contribution in [0.1, 0.15) is 13.8 Å². The van der Waals surface area contributed by atoms with Crippen molar-refractivity contribution in [2.75, 3.05) is 24.3 Å². The number of hydrogen-bond donors (Lipinski definition) is 2. The molecule has 0 fully saturated rings. The van der Waals surface area contributed by atoms with Crippen molar-refractivity contribution in [2.24, 2.45) is 0 Å². The average molecular weight is 208 g/mol. The van der Waals surface area contributed by atoms with Crippen molar-refractivity contribution in [1.82, 2.24) is 0 Å². The van der Waals surface area contributed by atoms with Crippen LogP contribution < -0.4 is 10.2 Å². The van der Waals surface area contributed by atoms with Gasteiger partial charge in [0.1, 0.15) is 0 Å². The zero-order valence-electron chi connectivity index (χ0n) is 9.86. The fourth-order valence-electron chi connectivity index (χ4n) is 1.35. The standard InChI is InChI=1S/C12H20N2O/c1-9(10(2)15)13-11-7-5-6-8-12(11)14(3)4/h5-10,13,15H,1-4H3. The normalized spacial score (nSPS) is 14.5. The minimum atomic E-state index is -0.361. The van der Waals surface area contributed by atoms with E-state index in [1.165, 1.54) is 0 Å². The Balaban J connectivity index is 2.84. The molecule has 15 heavy (non-hydrogen) atoms. The molecule has 2 atom stereocenters. The molecule has 0 spiro atoms. The number of nitrogens with zero attached hydrogens (tertiary/aromatic N) is 1. The average Bonchev–Trinajstić information content (AvgIpc) is 2.18. The topological polar surface area (TPSA) is 35.5 Å². The summed E-state index contributed by atoms with van der Waals surface area (Å²) in [6.07, 6.45) is -0.361. The van der Waals surface area contributed by atoms with Crippen LogP contribution in [0.5, 0.6) is 0 Å². The molecule has 1 aromatic rings. The van der Waals surface area contributed by atoms with E-state index in [0.29, 0.717) is 0 Å². The van der Waals surface area contributed by atoms with Gasteiger partial charge in [0.2, 0.25) is 0 Å². The largest absolute Gasteiger partial charge is 0.391 e. The van der Waals surface area contributed by atoms with Gasteiger partial charge in [-0.1, -0.05) is 12.1 Å². The van der Waals surface area contributed by atoms with Gasteiger partial charge in [-0.15, -0.1) is 0 Å². The Hall–Kier alpha value is -1.22. The molecule has 0 saturated carbocycles. The van der Waals surface area contributed by atoms with Crippen molar-refractivity contribution in [3.63, 3.8) is 0 Å². The molecular weight excluding hydrogens is 188 g/mol. The van der Waals surface area contributed by atoms with Crippen LogP contribution in [0.15, 0.2) is 24.3 Å². The van der Waals surface area contributed by atoms with Crippen molar-refractivity contribution in [3.05, 3.63) is 24.3 Å². The van der Waals surface area contributed by atoms with Crippen LogP contribution in [-0.2, 0) is 0 Å². The van der Waals surface area contributed by atoms with Gasteiger partial charge in [-0.25, -0.2) is 0 Å². The molecule has 0 radical (unpaired) electrons. The molecule has 2 unspecified atom stereocenters. The third-order valence-electron chi connectivity index (χ3n) is 2.49. The lowest BCUT2D eigenvalue weighted by molar-refractivity contribution is 0.178. The lowest BCUT2D eigenvalue weighted by Crippen LogP contribution is -2.28. The molecule has 1 rings (SSSR count). The van der Waals surface area contributed by atoms with Gasteiger partial charge >= 0.3 is 0 Å². The van der Waals surface area contributed by atoms with Crippen molar-refractivity contribution in [3.8, 4) is 0 Å². The molecule has 84 valence electrons. The molecule has 0 heterocycles. The first-order valence-corrected chi connectivity index (χ1v) is 5.23. The first-order valence-electron chi connectivity index (χ1n) is 5.23. The number of nitrogens with one attached hydrogen (secondary N) is 1. The van der Waals surface area contributed by atoms with E-state index in [1.807, 2.05) is 39.2 Å². The summed E-state index contributed by atoms with van der Waals surface area (Å²) in [7, 11) is 4.01. The number of para-hydroxylation sites is 2. The van der Waals surface area contributed by atoms with Crippen LogP contribution in [-0.4, -0.2) is 31.3 Å². The lowest BCUT2D eigenvalue weighted by atomic mass is 10.2. The van der Waals surface area contributed by atoms with E-state index in [9.17, 15) is 5.11 Å². The highest BCUT2D eigenvalue weighted by atomic mass is 16.3. The van der Waals surface area contributed by atoms with Gasteiger partial charge in [0, 0.05) is 20.1 Å². The van der Waals surface area contributed by atoms with Crippen LogP contribution >= 0.6 is 0 Å². The summed E-state index contributed by atoms with van der Waals surface area (Å²) in [5, 5.41) is 12.7. The molecule has 2 N–H and O–H groups in total. The highest BCUT2D eigenvalue weighted by Gasteiger charge is 2.10. The van der Waals surface area contributed by atoms with Gasteiger partial charge in [0.15, 0.2) is 0 Å². The van der Waals surface area contributed by atoms with Crippen molar-refractivity contribution < 1.29 is 5.11 Å². The first kappa shape index (κ1) is 11.9. The Morgan fingerprint density at radius 3 is 2.33 bits per heavy atom. The van der Waals surface area contributed by atoms with Gasteiger partial charge in [-0.3, -0.25) is 0 Å². The Morgan fingerprint density at radius 2 is 1.80 bits per heavy atom. The van der Waals surface area contributed by atoms with Gasteiger partial charge < -0.3 is 15.3 Å². The molecule has 0 aromatic heterocycles. The van der Waals surface area contributed by atoms with Crippen LogP contribution in [0.4, 0.5) is 11.4 Å². The van der Waals surface area contributed by atoms with E-state index in [1.54, 1.807) is 6.92 Å². The third-order valence-corrected chi connectivity index (χ3v) is 2.49. The maximum Gasteiger partial charge on any atom is 0.0710 e. The Kier molecular flexibility index (Phi) is 3.97. The predicted octanol–water partition coefficient (Wildman–Crippen LogP) is 1.93. The zero-order valence-corrected chi connectivity index (χ0v) is 9.86. The smallest absolute Gasteiger partial charge is 0.0710 e. The van der Waals surface area contributed by atoms with E-state index in [0.717, 1.165) is 11.4 Å². The second-order valence-electron chi connectivity index (χ2n) is 4.09. The zero-order chi connectivity index (χ0) is 11.4. The molecule has 0 aliphatic carbocycles. The molecule has 0 bridgehead atoms. The Labute approximate surface area is 91.7 Å². The maximum absolute atomic E-state index is 9.44. The SMILES string of the molecule is CC(O)C(C)Nc1ccccc1N(C)C. The van der Waals surface area contributed by atoms with Gasteiger partial charge in [0.05, 0.1) is 17.5 Å². The second kappa shape index (κ2) is 5.03. The van der Waals surface area contributed by atoms with E-state index in [-0.39, 0.29) is 12.1 Å². The Bertz CT molecular complexity index is 310. The van der Waals surface area contributed by atoms with E-state index in [4.69, 9.17) is 0 Å². The van der Waals surface area contributed by atoms with Crippen molar-refractivity contribution >= 4 is 11.4 Å². The molecular formula is C12H20N2O. The number of rotatable bonds is 4. The van der Waals surface area contributed by atoms with Crippen LogP contribution in [0.2, 0.25) is 0 Å². The summed E-state index contributed by atoms with van der Waals surface area (Å²) in [6, 6.07) is 8.12. The van der Waals surface area contributed by atoms with Crippen LogP contribution in [0, 0.1) is 0 Å². The number of benzene rings is 1. The summed E-state index contributed by atoms with van der Waals surface area (Å²) in [4.78, 5) is 2.05. The second-order valence-corrected chi connectivity index (χ2v) is 4.09. The summed E-state index contributed by atoms with van der Waals surface area (Å²) < 4.78 is 0. The first-order chi connectivity index (χ1) is 7.02. The minimum Gasteiger partial charge on any atom is -0.391 e.